The zero-order chi connectivity index (χ0) is 44.3. The van der Waals surface area contributed by atoms with E-state index in [-0.39, 0.29) is 34.3 Å². The van der Waals surface area contributed by atoms with Crippen LogP contribution in [0, 0.1) is 5.92 Å². The van der Waals surface area contributed by atoms with Gasteiger partial charge in [0.1, 0.15) is 11.9 Å². The third-order valence-electron chi connectivity index (χ3n) is 13.5. The van der Waals surface area contributed by atoms with Crippen molar-refractivity contribution in [3.8, 4) is 16.9 Å². The van der Waals surface area contributed by atoms with E-state index in [4.69, 9.17) is 13.6 Å². The van der Waals surface area contributed by atoms with Crippen molar-refractivity contribution in [2.24, 2.45) is 5.92 Å². The van der Waals surface area contributed by atoms with Crippen molar-refractivity contribution in [1.29, 1.82) is 0 Å². The molecule has 0 spiro atoms. The Kier molecular flexibility index (Phi) is 13.1. The van der Waals surface area contributed by atoms with Gasteiger partial charge in [-0.1, -0.05) is 75.4 Å². The number of rotatable bonds is 16. The predicted octanol–water partition coefficient (Wildman–Crippen LogP) is 9.37. The Morgan fingerprint density at radius 1 is 0.937 bits per heavy atom. The van der Waals surface area contributed by atoms with E-state index in [9.17, 15) is 19.5 Å². The number of phenolic OH excluding ortho intramolecular Hbond substituents is 1. The van der Waals surface area contributed by atoms with E-state index in [1.165, 1.54) is 6.07 Å². The summed E-state index contributed by atoms with van der Waals surface area (Å²) in [6.07, 6.45) is 4.46. The molecule has 0 unspecified atom stereocenters. The van der Waals surface area contributed by atoms with E-state index >= 15 is 0 Å². The largest absolute Gasteiger partial charge is 0.506 e. The number of carbonyl (C=O) groups excluding carboxylic acids is 1. The molecule has 9 rings (SSSR count). The monoisotopic (exact) mass is 871 g/mol. The Morgan fingerprint density at radius 2 is 1.70 bits per heavy atom. The van der Waals surface area contributed by atoms with Crippen LogP contribution < -0.4 is 21.9 Å². The molecule has 0 radical (unpaired) electrons. The van der Waals surface area contributed by atoms with Crippen LogP contribution in [0.1, 0.15) is 69.2 Å². The van der Waals surface area contributed by atoms with E-state index < -0.39 is 14.4 Å². The maximum absolute atomic E-state index is 13.2. The fourth-order valence-electron chi connectivity index (χ4n) is 8.87. The number of carbonyl (C=O) groups is 1. The van der Waals surface area contributed by atoms with Crippen LogP contribution in [0.3, 0.4) is 0 Å². The number of aromatic hydroxyl groups is 1. The standard InChI is InChI=1S/C50H61N5O7Si/c1-50(2,3)63(4,5)62-44(38-17-20-42(56)47-39(38)18-21-46(57)53-47)31-51-25-22-34-15-19-41-43(30-34)61-49(59)55(41)26-10-9-11-33-14-16-37(35-12-7-6-8-13-35)40(29-33)52-48(58)60-45-32-54-27-23-36(45)24-28-54/h6-8,12-21,29-30,36,44-45,51,56H,9-11,22-28,31-32H2,1-5H3,(H,52,58)(H,53,57)/t44-,45+/m0/s1. The molecule has 2 bridgehead atoms. The summed E-state index contributed by atoms with van der Waals surface area (Å²) in [5.41, 5.74) is 7.21. The number of hydrogen-bond donors (Lipinski definition) is 4. The Hall–Kier alpha value is -5.47. The zero-order valence-corrected chi connectivity index (χ0v) is 38.2. The van der Waals surface area contributed by atoms with Gasteiger partial charge in [-0.2, -0.15) is 0 Å². The molecular formula is C50H61N5O7Si. The molecule has 5 heterocycles. The van der Waals surface area contributed by atoms with E-state index in [1.807, 2.05) is 54.6 Å². The molecule has 13 heteroatoms. The number of amides is 1. The molecule has 63 heavy (non-hydrogen) atoms. The van der Waals surface area contributed by atoms with Gasteiger partial charge < -0.3 is 29.0 Å². The lowest BCUT2D eigenvalue weighted by Crippen LogP contribution is -2.52. The summed E-state index contributed by atoms with van der Waals surface area (Å²) in [5, 5.41) is 18.0. The third kappa shape index (κ3) is 10.2. The van der Waals surface area contributed by atoms with Gasteiger partial charge in [0.05, 0.1) is 22.8 Å². The Morgan fingerprint density at radius 3 is 2.44 bits per heavy atom. The Balaban J connectivity index is 0.879. The highest BCUT2D eigenvalue weighted by Crippen LogP contribution is 2.41. The smallest absolute Gasteiger partial charge is 0.419 e. The van der Waals surface area contributed by atoms with Crippen molar-refractivity contribution in [2.75, 3.05) is 38.0 Å². The van der Waals surface area contributed by atoms with Crippen molar-refractivity contribution in [1.82, 2.24) is 19.8 Å². The number of unbranched alkanes of at least 4 members (excludes halogenated alkanes) is 1. The molecule has 6 aromatic rings. The Bertz CT molecular complexity index is 2680. The summed E-state index contributed by atoms with van der Waals surface area (Å²) in [6, 6.07) is 29.0. The van der Waals surface area contributed by atoms with Gasteiger partial charge in [0.15, 0.2) is 13.9 Å². The number of nitrogens with one attached hydrogen (secondary N) is 3. The van der Waals surface area contributed by atoms with Crippen LogP contribution in [0.4, 0.5) is 10.5 Å². The van der Waals surface area contributed by atoms with Crippen molar-refractivity contribution in [2.45, 2.75) is 96.2 Å². The first-order valence-corrected chi connectivity index (χ1v) is 25.4. The van der Waals surface area contributed by atoms with Crippen LogP contribution in [0.5, 0.6) is 5.75 Å². The minimum Gasteiger partial charge on any atom is -0.506 e. The van der Waals surface area contributed by atoms with Crippen LogP contribution in [-0.2, 0) is 28.5 Å². The number of fused-ring (bicyclic) bond motifs is 5. The number of aromatic nitrogens is 2. The van der Waals surface area contributed by atoms with Crippen molar-refractivity contribution in [3.05, 3.63) is 129 Å². The van der Waals surface area contributed by atoms with Gasteiger partial charge in [-0.25, -0.2) is 9.59 Å². The van der Waals surface area contributed by atoms with E-state index in [1.54, 1.807) is 16.7 Å². The number of H-pyrrole nitrogens is 1. The van der Waals surface area contributed by atoms with Crippen LogP contribution >= 0.6 is 0 Å². The van der Waals surface area contributed by atoms with Crippen LogP contribution in [0.25, 0.3) is 33.1 Å². The quantitative estimate of drug-likeness (QED) is 0.0551. The number of phenols is 1. The first-order chi connectivity index (χ1) is 30.2. The topological polar surface area (TPSA) is 151 Å². The molecule has 12 nitrogen and oxygen atoms in total. The summed E-state index contributed by atoms with van der Waals surface area (Å²) in [6.45, 7) is 15.8. The number of pyridine rings is 1. The first kappa shape index (κ1) is 44.1. The lowest BCUT2D eigenvalue weighted by atomic mass is 9.86. The second-order valence-corrected chi connectivity index (χ2v) is 23.6. The molecule has 3 aliphatic rings. The van der Waals surface area contributed by atoms with Gasteiger partial charge >= 0.3 is 11.8 Å². The highest BCUT2D eigenvalue weighted by Gasteiger charge is 2.40. The average molecular weight is 872 g/mol. The van der Waals surface area contributed by atoms with Crippen molar-refractivity contribution in [3.63, 3.8) is 0 Å². The molecule has 3 saturated heterocycles. The van der Waals surface area contributed by atoms with Crippen LogP contribution in [0.2, 0.25) is 18.1 Å². The number of piperidine rings is 3. The number of ether oxygens (including phenoxy) is 1. The van der Waals surface area contributed by atoms with Gasteiger partial charge in [0.25, 0.3) is 0 Å². The third-order valence-corrected chi connectivity index (χ3v) is 18.0. The molecular weight excluding hydrogens is 811 g/mol. The second-order valence-electron chi connectivity index (χ2n) is 18.8. The van der Waals surface area contributed by atoms with E-state index in [2.05, 4.69) is 72.6 Å². The molecule has 2 atom stereocenters. The number of oxazole rings is 1. The van der Waals surface area contributed by atoms with Gasteiger partial charge in [-0.05, 0) is 135 Å². The van der Waals surface area contributed by atoms with Crippen LogP contribution in [0.15, 0.2) is 105 Å². The fraction of sp³-hybridized carbons (Fsp3) is 0.420. The second kappa shape index (κ2) is 18.7. The molecule has 4 N–H and O–H groups in total. The highest BCUT2D eigenvalue weighted by atomic mass is 28.4. The predicted molar refractivity (Wildman–Crippen MR) is 252 cm³/mol. The molecule has 332 valence electrons. The van der Waals surface area contributed by atoms with Gasteiger partial charge in [0, 0.05) is 36.7 Å². The summed E-state index contributed by atoms with van der Waals surface area (Å²) in [5.74, 6) is 0.0850. The minimum absolute atomic E-state index is 0.0220. The number of benzene rings is 4. The zero-order valence-electron chi connectivity index (χ0n) is 37.2. The first-order valence-electron chi connectivity index (χ1n) is 22.5. The highest BCUT2D eigenvalue weighted by molar-refractivity contribution is 6.74. The summed E-state index contributed by atoms with van der Waals surface area (Å²) in [4.78, 5) is 43.6. The summed E-state index contributed by atoms with van der Waals surface area (Å²) < 4.78 is 20.4. The molecule has 2 aromatic heterocycles. The summed E-state index contributed by atoms with van der Waals surface area (Å²) in [7, 11) is -2.22. The van der Waals surface area contributed by atoms with Crippen molar-refractivity contribution < 1.29 is 23.5 Å². The Labute approximate surface area is 369 Å². The maximum atomic E-state index is 13.2. The lowest BCUT2D eigenvalue weighted by molar-refractivity contribution is -0.0289. The molecule has 0 saturated carbocycles. The maximum Gasteiger partial charge on any atom is 0.419 e. The number of anilines is 1. The SMILES string of the molecule is CC(C)(C)[Si](C)(C)O[C@@H](CNCCc1ccc2c(c1)oc(=O)n2CCCCc1ccc(-c2ccccc2)c(NC(=O)O[C@@H]2CN3CCC2CC3)c1)c1ccc(O)c2[nH]c(=O)ccc12. The van der Waals surface area contributed by atoms with E-state index in [0.29, 0.717) is 43.1 Å². The number of hydrogen-bond acceptors (Lipinski definition) is 9. The summed E-state index contributed by atoms with van der Waals surface area (Å²) >= 11 is 0. The molecule has 3 aliphatic heterocycles. The van der Waals surface area contributed by atoms with Crippen LogP contribution in [-0.4, -0.2) is 72.8 Å². The van der Waals surface area contributed by atoms with Gasteiger partial charge in [-0.3, -0.25) is 19.6 Å². The average Bonchev–Trinajstić information content (AvgIpc) is 3.57. The molecule has 1 amide bonds. The number of aryl methyl sites for hydroxylation is 2. The van der Waals surface area contributed by atoms with Gasteiger partial charge in [-0.15, -0.1) is 0 Å². The fourth-order valence-corrected chi connectivity index (χ4v) is 10.1. The molecule has 4 aromatic carbocycles. The number of nitrogens with zero attached hydrogens (tertiary/aromatic N) is 2. The van der Waals surface area contributed by atoms with E-state index in [0.717, 1.165) is 96.1 Å². The molecule has 0 aliphatic carbocycles. The molecule has 3 fully saturated rings. The minimum atomic E-state index is -2.22. The lowest BCUT2D eigenvalue weighted by Gasteiger charge is -2.43. The van der Waals surface area contributed by atoms with Gasteiger partial charge in [0.2, 0.25) is 5.56 Å². The van der Waals surface area contributed by atoms with Crippen molar-refractivity contribution >= 4 is 42.1 Å². The normalized spacial score (nSPS) is 18.2. The number of aromatic amines is 1.